The van der Waals surface area contributed by atoms with Crippen molar-refractivity contribution >= 4 is 21.9 Å². The van der Waals surface area contributed by atoms with Crippen molar-refractivity contribution in [2.45, 2.75) is 45.2 Å². The van der Waals surface area contributed by atoms with Crippen LogP contribution in [0, 0.1) is 6.92 Å². The zero-order valence-electron chi connectivity index (χ0n) is 18.7. The van der Waals surface area contributed by atoms with E-state index in [4.69, 9.17) is 4.74 Å². The Balaban J connectivity index is 2.16. The lowest BCUT2D eigenvalue weighted by atomic mass is 10.1. The molecule has 0 N–H and O–H groups in total. The maximum atomic E-state index is 12.8. The van der Waals surface area contributed by atoms with Gasteiger partial charge in [0, 0.05) is 26.7 Å². The molecule has 0 fully saturated rings. The van der Waals surface area contributed by atoms with E-state index in [-0.39, 0.29) is 16.4 Å². The van der Waals surface area contributed by atoms with Crippen molar-refractivity contribution < 1.29 is 22.7 Å². The van der Waals surface area contributed by atoms with E-state index in [0.29, 0.717) is 25.2 Å². The molecular formula is C23H30N2O5S. The number of carbonyl (C=O) groups is 2. The first-order chi connectivity index (χ1) is 14.6. The molecule has 1 atom stereocenters. The number of nitrogens with zero attached hydrogens (tertiary/aromatic N) is 2. The average Bonchev–Trinajstić information content (AvgIpc) is 2.74. The number of aryl methyl sites for hydroxylation is 1. The van der Waals surface area contributed by atoms with Gasteiger partial charge >= 0.3 is 5.97 Å². The summed E-state index contributed by atoms with van der Waals surface area (Å²) >= 11 is 0. The third-order valence-electron chi connectivity index (χ3n) is 5.04. The first-order valence-electron chi connectivity index (χ1n) is 10.2. The second-order valence-electron chi connectivity index (χ2n) is 7.29. The first kappa shape index (κ1) is 24.6. The summed E-state index contributed by atoms with van der Waals surface area (Å²) in [6.07, 6.45) is -1.01. The lowest BCUT2D eigenvalue weighted by Gasteiger charge is -2.22. The summed E-state index contributed by atoms with van der Waals surface area (Å²) in [7, 11) is -2.08. The number of carbonyl (C=O) groups excluding carboxylic acids is 2. The Morgan fingerprint density at radius 1 is 1.03 bits per heavy atom. The molecule has 0 aliphatic heterocycles. The number of hydrogen-bond acceptors (Lipinski definition) is 5. The molecule has 0 aliphatic rings. The van der Waals surface area contributed by atoms with Crippen molar-refractivity contribution in [3.05, 3.63) is 65.2 Å². The van der Waals surface area contributed by atoms with Gasteiger partial charge in [0.05, 0.1) is 10.5 Å². The van der Waals surface area contributed by atoms with Crippen molar-refractivity contribution in [3.8, 4) is 0 Å². The van der Waals surface area contributed by atoms with Crippen LogP contribution in [0.5, 0.6) is 0 Å². The maximum Gasteiger partial charge on any atom is 0.339 e. The summed E-state index contributed by atoms with van der Waals surface area (Å²) in [6.45, 7) is 7.75. The van der Waals surface area contributed by atoms with Gasteiger partial charge in [0.15, 0.2) is 6.10 Å². The smallest absolute Gasteiger partial charge is 0.339 e. The van der Waals surface area contributed by atoms with E-state index in [1.807, 2.05) is 30.3 Å². The number of likely N-dealkylation sites (N-methyl/N-ethyl adjacent to an activating group) is 1. The third kappa shape index (κ3) is 5.92. The zero-order valence-corrected chi connectivity index (χ0v) is 19.5. The summed E-state index contributed by atoms with van der Waals surface area (Å²) in [5.74, 6) is -1.08. The van der Waals surface area contributed by atoms with Gasteiger partial charge in [-0.05, 0) is 37.1 Å². The van der Waals surface area contributed by atoms with Gasteiger partial charge in [-0.25, -0.2) is 13.2 Å². The van der Waals surface area contributed by atoms with Crippen LogP contribution in [0.25, 0.3) is 0 Å². The van der Waals surface area contributed by atoms with E-state index < -0.39 is 22.1 Å². The number of rotatable bonds is 9. The molecule has 0 heterocycles. The van der Waals surface area contributed by atoms with Gasteiger partial charge in [0.2, 0.25) is 10.0 Å². The van der Waals surface area contributed by atoms with Gasteiger partial charge in [-0.15, -0.1) is 0 Å². The maximum absolute atomic E-state index is 12.8. The van der Waals surface area contributed by atoms with Crippen LogP contribution in [-0.4, -0.2) is 55.7 Å². The van der Waals surface area contributed by atoms with Crippen molar-refractivity contribution in [1.82, 2.24) is 9.21 Å². The Morgan fingerprint density at radius 3 is 2.23 bits per heavy atom. The Hall–Kier alpha value is -2.71. The summed E-state index contributed by atoms with van der Waals surface area (Å²) in [4.78, 5) is 26.9. The summed E-state index contributed by atoms with van der Waals surface area (Å²) in [6, 6.07) is 13.8. The summed E-state index contributed by atoms with van der Waals surface area (Å²) < 4.78 is 32.3. The number of esters is 1. The summed E-state index contributed by atoms with van der Waals surface area (Å²) in [5.41, 5.74) is 1.65. The summed E-state index contributed by atoms with van der Waals surface area (Å²) in [5, 5.41) is 0. The van der Waals surface area contributed by atoms with Crippen LogP contribution in [0.2, 0.25) is 0 Å². The molecule has 7 nitrogen and oxygen atoms in total. The second-order valence-corrected chi connectivity index (χ2v) is 9.23. The SMILES string of the molecule is CCN(CC)S(=O)(=O)c1ccc(C)c(C(=O)OC(C)C(=O)N(C)Cc2ccccc2)c1. The van der Waals surface area contributed by atoms with E-state index in [2.05, 4.69) is 0 Å². The minimum absolute atomic E-state index is 0.0222. The van der Waals surface area contributed by atoms with E-state index in [1.54, 1.807) is 33.9 Å². The van der Waals surface area contributed by atoms with Crippen molar-refractivity contribution in [3.63, 3.8) is 0 Å². The minimum Gasteiger partial charge on any atom is -0.449 e. The molecule has 0 saturated heterocycles. The largest absolute Gasteiger partial charge is 0.449 e. The van der Waals surface area contributed by atoms with Gasteiger partial charge < -0.3 is 9.64 Å². The van der Waals surface area contributed by atoms with Crippen molar-refractivity contribution in [2.75, 3.05) is 20.1 Å². The molecule has 8 heteroatoms. The van der Waals surface area contributed by atoms with Crippen molar-refractivity contribution in [1.29, 1.82) is 0 Å². The molecule has 0 spiro atoms. The average molecular weight is 447 g/mol. The van der Waals surface area contributed by atoms with Crippen LogP contribution < -0.4 is 0 Å². The first-order valence-corrected chi connectivity index (χ1v) is 11.7. The minimum atomic E-state index is -3.72. The highest BCUT2D eigenvalue weighted by Crippen LogP contribution is 2.21. The van der Waals surface area contributed by atoms with Crippen LogP contribution in [0.15, 0.2) is 53.4 Å². The normalized spacial score (nSPS) is 12.5. The van der Waals surface area contributed by atoms with Gasteiger partial charge in [0.1, 0.15) is 0 Å². The van der Waals surface area contributed by atoms with Gasteiger partial charge in [-0.1, -0.05) is 50.2 Å². The van der Waals surface area contributed by atoms with Crippen LogP contribution in [0.4, 0.5) is 0 Å². The highest BCUT2D eigenvalue weighted by Gasteiger charge is 2.26. The molecule has 0 bridgehead atoms. The second kappa shape index (κ2) is 10.5. The molecule has 2 aromatic carbocycles. The quantitative estimate of drug-likeness (QED) is 0.552. The van der Waals surface area contributed by atoms with E-state index >= 15 is 0 Å². The number of amides is 1. The Labute approximate surface area is 184 Å². The van der Waals surface area contributed by atoms with Gasteiger partial charge in [0.25, 0.3) is 5.91 Å². The number of hydrogen-bond donors (Lipinski definition) is 0. The van der Waals surface area contributed by atoms with E-state index in [1.165, 1.54) is 28.3 Å². The van der Waals surface area contributed by atoms with Gasteiger partial charge in [-0.2, -0.15) is 4.31 Å². The molecule has 0 aliphatic carbocycles. The number of ether oxygens (including phenoxy) is 1. The lowest BCUT2D eigenvalue weighted by molar-refractivity contribution is -0.139. The van der Waals surface area contributed by atoms with Crippen LogP contribution >= 0.6 is 0 Å². The molecule has 2 rings (SSSR count). The fraction of sp³-hybridized carbons (Fsp3) is 0.391. The molecule has 1 unspecified atom stereocenters. The monoisotopic (exact) mass is 446 g/mol. The molecule has 168 valence electrons. The fourth-order valence-corrected chi connectivity index (χ4v) is 4.70. The Kier molecular flexibility index (Phi) is 8.36. The topological polar surface area (TPSA) is 84.0 Å². The molecule has 2 aromatic rings. The predicted molar refractivity (Wildman–Crippen MR) is 119 cm³/mol. The van der Waals surface area contributed by atoms with Crippen LogP contribution in [0.1, 0.15) is 42.3 Å². The molecule has 0 radical (unpaired) electrons. The standard InChI is InChI=1S/C23H30N2O5S/c1-6-25(7-2)31(28,29)20-14-13-17(3)21(15-20)23(27)30-18(4)22(26)24(5)16-19-11-9-8-10-12-19/h8-15,18H,6-7,16H2,1-5H3. The van der Waals surface area contributed by atoms with Crippen LogP contribution in [0.3, 0.4) is 0 Å². The Morgan fingerprint density at radius 2 is 1.65 bits per heavy atom. The molecular weight excluding hydrogens is 416 g/mol. The van der Waals surface area contributed by atoms with Crippen LogP contribution in [-0.2, 0) is 26.1 Å². The van der Waals surface area contributed by atoms with Crippen molar-refractivity contribution in [2.24, 2.45) is 0 Å². The molecule has 0 aromatic heterocycles. The van der Waals surface area contributed by atoms with E-state index in [0.717, 1.165) is 5.56 Å². The fourth-order valence-electron chi connectivity index (χ4n) is 3.21. The Bertz CT molecular complexity index is 1020. The molecule has 0 saturated carbocycles. The highest BCUT2D eigenvalue weighted by molar-refractivity contribution is 7.89. The zero-order chi connectivity index (χ0) is 23.2. The number of benzene rings is 2. The third-order valence-corrected chi connectivity index (χ3v) is 7.09. The molecule has 31 heavy (non-hydrogen) atoms. The van der Waals surface area contributed by atoms with E-state index in [9.17, 15) is 18.0 Å². The molecule has 1 amide bonds. The lowest BCUT2D eigenvalue weighted by Crippen LogP contribution is -2.37. The van der Waals surface area contributed by atoms with Gasteiger partial charge in [-0.3, -0.25) is 4.79 Å². The highest BCUT2D eigenvalue weighted by atomic mass is 32.2. The number of sulfonamides is 1. The predicted octanol–water partition coefficient (Wildman–Crippen LogP) is 3.23.